The van der Waals surface area contributed by atoms with Crippen LogP contribution in [-0.4, -0.2) is 80.8 Å². The summed E-state index contributed by atoms with van der Waals surface area (Å²) >= 11 is 0. The molecule has 3 N–H and O–H groups in total. The van der Waals surface area contributed by atoms with E-state index in [0.29, 0.717) is 12.0 Å². The van der Waals surface area contributed by atoms with Crippen LogP contribution in [0.15, 0.2) is 54.6 Å². The SMILES string of the molecule is CC(O)[C@@H](NC(=O)C1(c2ccccc2)CCN(C(=O)[C@@H]2Cc3ccccc3CN2C(=O)OC(C)(C)C)CC1)C(=O)O. The van der Waals surface area contributed by atoms with Gasteiger partial charge in [0.25, 0.3) is 0 Å². The number of piperidine rings is 1. The number of carboxylic acid groups (broad SMARTS) is 1. The van der Waals surface area contributed by atoms with Gasteiger partial charge in [-0.15, -0.1) is 0 Å². The molecule has 2 aromatic carbocycles. The molecule has 1 saturated heterocycles. The fourth-order valence-corrected chi connectivity index (χ4v) is 5.65. The molecule has 1 unspecified atom stereocenters. The zero-order chi connectivity index (χ0) is 29.9. The molecule has 2 aliphatic rings. The molecule has 1 fully saturated rings. The second kappa shape index (κ2) is 11.9. The number of nitrogens with one attached hydrogen (secondary N) is 1. The highest BCUT2D eigenvalue weighted by atomic mass is 16.6. The van der Waals surface area contributed by atoms with Crippen molar-refractivity contribution in [2.45, 2.75) is 82.7 Å². The van der Waals surface area contributed by atoms with Crippen molar-refractivity contribution in [1.82, 2.24) is 15.1 Å². The minimum Gasteiger partial charge on any atom is -0.480 e. The van der Waals surface area contributed by atoms with Gasteiger partial charge in [0, 0.05) is 19.5 Å². The third kappa shape index (κ3) is 6.53. The number of carbonyl (C=O) groups is 4. The summed E-state index contributed by atoms with van der Waals surface area (Å²) in [6.07, 6.45) is -1.01. The number of carbonyl (C=O) groups excluding carboxylic acids is 3. The van der Waals surface area contributed by atoms with E-state index in [1.54, 1.807) is 25.7 Å². The molecule has 0 radical (unpaired) electrons. The first-order valence-electron chi connectivity index (χ1n) is 13.9. The molecule has 220 valence electrons. The zero-order valence-corrected chi connectivity index (χ0v) is 24.0. The summed E-state index contributed by atoms with van der Waals surface area (Å²) in [7, 11) is 0. The van der Waals surface area contributed by atoms with Gasteiger partial charge in [-0.3, -0.25) is 14.5 Å². The van der Waals surface area contributed by atoms with Gasteiger partial charge in [0.1, 0.15) is 11.6 Å². The molecule has 41 heavy (non-hydrogen) atoms. The van der Waals surface area contributed by atoms with Gasteiger partial charge >= 0.3 is 12.1 Å². The van der Waals surface area contributed by atoms with Crippen LogP contribution in [0.4, 0.5) is 4.79 Å². The number of aliphatic hydroxyl groups excluding tert-OH is 1. The van der Waals surface area contributed by atoms with E-state index in [4.69, 9.17) is 4.74 Å². The van der Waals surface area contributed by atoms with E-state index in [2.05, 4.69) is 5.32 Å². The molecule has 2 aliphatic heterocycles. The molecule has 3 atom stereocenters. The Bertz CT molecular complexity index is 1280. The number of hydrogen-bond acceptors (Lipinski definition) is 6. The maximum Gasteiger partial charge on any atom is 0.411 e. The predicted molar refractivity (Wildman–Crippen MR) is 151 cm³/mol. The van der Waals surface area contributed by atoms with Gasteiger partial charge in [0.15, 0.2) is 6.04 Å². The third-order valence-corrected chi connectivity index (χ3v) is 7.89. The molecule has 0 saturated carbocycles. The number of aliphatic hydroxyl groups is 1. The first-order chi connectivity index (χ1) is 19.3. The Morgan fingerprint density at radius 1 is 0.976 bits per heavy atom. The molecule has 0 spiro atoms. The summed E-state index contributed by atoms with van der Waals surface area (Å²) < 4.78 is 5.65. The van der Waals surface area contributed by atoms with Crippen molar-refractivity contribution >= 4 is 23.9 Å². The van der Waals surface area contributed by atoms with Crippen LogP contribution in [0.25, 0.3) is 0 Å². The summed E-state index contributed by atoms with van der Waals surface area (Å²) in [5.74, 6) is -2.06. The maximum absolute atomic E-state index is 14.0. The number of amides is 3. The van der Waals surface area contributed by atoms with Gasteiger partial charge < -0.3 is 25.2 Å². The minimum absolute atomic E-state index is 0.222. The van der Waals surface area contributed by atoms with Gasteiger partial charge in [-0.2, -0.15) is 0 Å². The summed E-state index contributed by atoms with van der Waals surface area (Å²) in [4.78, 5) is 55.7. The average molecular weight is 566 g/mol. The second-order valence-corrected chi connectivity index (χ2v) is 11.9. The van der Waals surface area contributed by atoms with Gasteiger partial charge in [-0.1, -0.05) is 54.6 Å². The Morgan fingerprint density at radius 3 is 2.12 bits per heavy atom. The molecule has 2 heterocycles. The molecule has 0 aliphatic carbocycles. The lowest BCUT2D eigenvalue weighted by atomic mass is 9.71. The Kier molecular flexibility index (Phi) is 8.72. The fraction of sp³-hybridized carbons (Fsp3) is 0.484. The molecular weight excluding hydrogens is 526 g/mol. The Hall–Kier alpha value is -3.92. The highest BCUT2D eigenvalue weighted by Gasteiger charge is 2.47. The summed E-state index contributed by atoms with van der Waals surface area (Å²) in [6.45, 7) is 7.37. The smallest absolute Gasteiger partial charge is 0.411 e. The van der Waals surface area contributed by atoms with Crippen molar-refractivity contribution in [1.29, 1.82) is 0 Å². The lowest BCUT2D eigenvalue weighted by molar-refractivity contribution is -0.147. The summed E-state index contributed by atoms with van der Waals surface area (Å²) in [5, 5.41) is 22.0. The maximum atomic E-state index is 14.0. The van der Waals surface area contributed by atoms with E-state index in [9.17, 15) is 29.4 Å². The minimum atomic E-state index is -1.47. The lowest BCUT2D eigenvalue weighted by Crippen LogP contribution is -2.60. The van der Waals surface area contributed by atoms with E-state index in [0.717, 1.165) is 11.1 Å². The monoisotopic (exact) mass is 565 g/mol. The van der Waals surface area contributed by atoms with Gasteiger partial charge in [0.2, 0.25) is 11.8 Å². The molecular formula is C31H39N3O7. The molecule has 0 bridgehead atoms. The quantitative estimate of drug-likeness (QED) is 0.490. The average Bonchev–Trinajstić information content (AvgIpc) is 2.94. The normalized spacial score (nSPS) is 19.9. The highest BCUT2D eigenvalue weighted by molar-refractivity contribution is 5.92. The molecule has 0 aromatic heterocycles. The molecule has 10 heteroatoms. The van der Waals surface area contributed by atoms with Crippen LogP contribution in [0.5, 0.6) is 0 Å². The van der Waals surface area contributed by atoms with Crippen molar-refractivity contribution in [3.63, 3.8) is 0 Å². The van der Waals surface area contributed by atoms with Gasteiger partial charge in [-0.25, -0.2) is 9.59 Å². The van der Waals surface area contributed by atoms with Crippen molar-refractivity contribution in [3.8, 4) is 0 Å². The zero-order valence-electron chi connectivity index (χ0n) is 24.0. The first kappa shape index (κ1) is 30.0. The van der Waals surface area contributed by atoms with E-state index in [1.165, 1.54) is 11.8 Å². The second-order valence-electron chi connectivity index (χ2n) is 11.9. The highest BCUT2D eigenvalue weighted by Crippen LogP contribution is 2.37. The summed E-state index contributed by atoms with van der Waals surface area (Å²) in [5.41, 5.74) is 0.853. The largest absolute Gasteiger partial charge is 0.480 e. The van der Waals surface area contributed by atoms with Crippen LogP contribution in [0.3, 0.4) is 0 Å². The number of benzene rings is 2. The standard InChI is InChI=1S/C31H39N3O7/c1-20(35)25(27(37)38)32-28(39)31(23-12-6-5-7-13-23)14-16-33(17-15-31)26(36)24-18-21-10-8-9-11-22(21)19-34(24)29(40)41-30(2,3)4/h5-13,20,24-25,35H,14-19H2,1-4H3,(H,32,39)(H,37,38)/t20?,24-,25+/m0/s1. The number of ether oxygens (including phenoxy) is 1. The van der Waals surface area contributed by atoms with Crippen molar-refractivity contribution < 1.29 is 34.1 Å². The van der Waals surface area contributed by atoms with Crippen LogP contribution in [0.2, 0.25) is 0 Å². The number of likely N-dealkylation sites (tertiary alicyclic amines) is 1. The van der Waals surface area contributed by atoms with Crippen molar-refractivity contribution in [2.75, 3.05) is 13.1 Å². The first-order valence-corrected chi connectivity index (χ1v) is 13.9. The van der Waals surface area contributed by atoms with E-state index in [-0.39, 0.29) is 38.4 Å². The number of carboxylic acids is 1. The Morgan fingerprint density at radius 2 is 1.56 bits per heavy atom. The topological polar surface area (TPSA) is 136 Å². The van der Waals surface area contributed by atoms with E-state index >= 15 is 0 Å². The van der Waals surface area contributed by atoms with E-state index < -0.39 is 47.2 Å². The third-order valence-electron chi connectivity index (χ3n) is 7.89. The molecule has 4 rings (SSSR count). The summed E-state index contributed by atoms with van der Waals surface area (Å²) in [6, 6.07) is 14.6. The van der Waals surface area contributed by atoms with Crippen LogP contribution in [-0.2, 0) is 37.5 Å². The lowest BCUT2D eigenvalue weighted by Gasteiger charge is -2.44. The van der Waals surface area contributed by atoms with E-state index in [1.807, 2.05) is 54.6 Å². The van der Waals surface area contributed by atoms with Gasteiger partial charge in [-0.05, 0) is 57.2 Å². The Labute approximate surface area is 240 Å². The molecule has 2 aromatic rings. The Balaban J connectivity index is 1.58. The number of fused-ring (bicyclic) bond motifs is 1. The molecule has 10 nitrogen and oxygen atoms in total. The van der Waals surface area contributed by atoms with Crippen LogP contribution >= 0.6 is 0 Å². The van der Waals surface area contributed by atoms with Gasteiger partial charge in [0.05, 0.1) is 18.1 Å². The number of nitrogens with zero attached hydrogens (tertiary/aromatic N) is 2. The van der Waals surface area contributed by atoms with Crippen LogP contribution in [0.1, 0.15) is 57.2 Å². The van der Waals surface area contributed by atoms with Crippen LogP contribution in [0, 0.1) is 0 Å². The van der Waals surface area contributed by atoms with Crippen molar-refractivity contribution in [3.05, 3.63) is 71.3 Å². The number of rotatable bonds is 6. The fourth-order valence-electron chi connectivity index (χ4n) is 5.65. The predicted octanol–water partition coefficient (Wildman–Crippen LogP) is 2.86. The van der Waals surface area contributed by atoms with Crippen LogP contribution < -0.4 is 5.32 Å². The number of aliphatic carboxylic acids is 1. The number of hydrogen-bond donors (Lipinski definition) is 3. The van der Waals surface area contributed by atoms with Crippen molar-refractivity contribution in [2.24, 2.45) is 0 Å². The molecule has 3 amide bonds.